The van der Waals surface area contributed by atoms with Crippen LogP contribution in [0, 0.1) is 18.3 Å². The van der Waals surface area contributed by atoms with Gasteiger partial charge in [-0.3, -0.25) is 9.20 Å². The molecule has 0 radical (unpaired) electrons. The highest BCUT2D eigenvalue weighted by atomic mass is 32.2. The number of imidazole rings is 1. The van der Waals surface area contributed by atoms with E-state index in [1.54, 1.807) is 0 Å². The number of amides is 1. The smallest absolute Gasteiger partial charge is 0.234 e. The van der Waals surface area contributed by atoms with E-state index in [2.05, 4.69) is 16.4 Å². The van der Waals surface area contributed by atoms with Gasteiger partial charge in [0.05, 0.1) is 27.4 Å². The van der Waals surface area contributed by atoms with Crippen molar-refractivity contribution in [3.8, 4) is 6.07 Å². The maximum atomic E-state index is 12.3. The van der Waals surface area contributed by atoms with Gasteiger partial charge in [0, 0.05) is 5.69 Å². The van der Waals surface area contributed by atoms with Crippen molar-refractivity contribution in [3.05, 3.63) is 71.8 Å². The topological polar surface area (TPSA) is 70.2 Å². The molecule has 132 valence electrons. The van der Waals surface area contributed by atoms with E-state index in [9.17, 15) is 10.1 Å². The summed E-state index contributed by atoms with van der Waals surface area (Å²) in [7, 11) is 0. The van der Waals surface area contributed by atoms with Crippen LogP contribution < -0.4 is 5.32 Å². The minimum Gasteiger partial charge on any atom is -0.325 e. The number of nitriles is 1. The molecule has 2 aromatic heterocycles. The highest BCUT2D eigenvalue weighted by Crippen LogP contribution is 2.29. The lowest BCUT2D eigenvalue weighted by atomic mass is 10.2. The fourth-order valence-electron chi connectivity index (χ4n) is 3.02. The Hall–Kier alpha value is -3.30. The highest BCUT2D eigenvalue weighted by molar-refractivity contribution is 7.99. The predicted octanol–water partition coefficient (Wildman–Crippen LogP) is 4.40. The Bertz CT molecular complexity index is 1190. The number of carbonyl (C=O) groups is 1. The molecular weight excluding hydrogens is 356 g/mol. The normalized spacial score (nSPS) is 10.8. The van der Waals surface area contributed by atoms with Crippen LogP contribution in [-0.2, 0) is 4.79 Å². The SMILES string of the molecule is Cc1cc(SCC(=O)Nc2ccccc2)n2c(nc3ccccc32)c1C#N. The maximum Gasteiger partial charge on any atom is 0.234 e. The van der Waals surface area contributed by atoms with Gasteiger partial charge in [-0.25, -0.2) is 4.98 Å². The molecule has 0 fully saturated rings. The second-order valence-corrected chi connectivity index (χ2v) is 7.11. The quantitative estimate of drug-likeness (QED) is 0.539. The number of hydrogen-bond acceptors (Lipinski definition) is 4. The van der Waals surface area contributed by atoms with E-state index in [1.807, 2.05) is 72.0 Å². The Morgan fingerprint density at radius 2 is 1.93 bits per heavy atom. The first-order chi connectivity index (χ1) is 13.2. The molecule has 0 spiro atoms. The molecule has 0 unspecified atom stereocenters. The second-order valence-electron chi connectivity index (χ2n) is 6.11. The lowest BCUT2D eigenvalue weighted by Crippen LogP contribution is -2.14. The molecule has 6 heteroatoms. The summed E-state index contributed by atoms with van der Waals surface area (Å²) in [5.74, 6) is 0.188. The number of rotatable bonds is 4. The van der Waals surface area contributed by atoms with E-state index in [0.29, 0.717) is 11.2 Å². The average Bonchev–Trinajstić information content (AvgIpc) is 3.06. The van der Waals surface area contributed by atoms with Gasteiger partial charge in [-0.05, 0) is 42.8 Å². The van der Waals surface area contributed by atoms with Crippen LogP contribution in [0.15, 0.2) is 65.7 Å². The fraction of sp³-hybridized carbons (Fsp3) is 0.0952. The molecule has 0 aliphatic rings. The van der Waals surface area contributed by atoms with Crippen LogP contribution in [0.1, 0.15) is 11.1 Å². The minimum absolute atomic E-state index is 0.0780. The van der Waals surface area contributed by atoms with Crippen molar-refractivity contribution in [2.45, 2.75) is 11.9 Å². The third-order valence-electron chi connectivity index (χ3n) is 4.26. The van der Waals surface area contributed by atoms with Crippen molar-refractivity contribution in [1.82, 2.24) is 9.38 Å². The van der Waals surface area contributed by atoms with Gasteiger partial charge in [-0.1, -0.05) is 42.1 Å². The standard InChI is InChI=1S/C21H16N4OS/c1-14-11-20(27-13-19(26)23-15-7-3-2-4-8-15)25-18-10-6-5-9-17(18)24-21(25)16(14)12-22/h2-11H,13H2,1H3,(H,23,26). The zero-order valence-corrected chi connectivity index (χ0v) is 15.5. The molecule has 4 rings (SSSR count). The number of hydrogen-bond donors (Lipinski definition) is 1. The van der Waals surface area contributed by atoms with Gasteiger partial charge < -0.3 is 5.32 Å². The van der Waals surface area contributed by atoms with Crippen molar-refractivity contribution in [1.29, 1.82) is 5.26 Å². The summed E-state index contributed by atoms with van der Waals surface area (Å²) in [6.45, 7) is 1.89. The Labute approximate surface area is 160 Å². The Morgan fingerprint density at radius 3 is 2.70 bits per heavy atom. The summed E-state index contributed by atoms with van der Waals surface area (Å²) < 4.78 is 1.96. The number of fused-ring (bicyclic) bond motifs is 3. The van der Waals surface area contributed by atoms with Gasteiger partial charge in [0.1, 0.15) is 6.07 Å². The zero-order chi connectivity index (χ0) is 18.8. The van der Waals surface area contributed by atoms with Crippen molar-refractivity contribution >= 4 is 40.0 Å². The van der Waals surface area contributed by atoms with Gasteiger partial charge in [-0.2, -0.15) is 5.26 Å². The van der Waals surface area contributed by atoms with E-state index in [-0.39, 0.29) is 11.7 Å². The summed E-state index contributed by atoms with van der Waals surface area (Å²) in [4.78, 5) is 17.0. The first kappa shape index (κ1) is 17.1. The number of benzene rings is 2. The number of anilines is 1. The second kappa shape index (κ2) is 7.14. The largest absolute Gasteiger partial charge is 0.325 e. The van der Waals surface area contributed by atoms with Gasteiger partial charge in [0.15, 0.2) is 5.65 Å². The van der Waals surface area contributed by atoms with Crippen molar-refractivity contribution < 1.29 is 4.79 Å². The summed E-state index contributed by atoms with van der Waals surface area (Å²) in [5, 5.41) is 13.3. The lowest BCUT2D eigenvalue weighted by molar-refractivity contribution is -0.113. The van der Waals surface area contributed by atoms with Crippen LogP contribution in [-0.4, -0.2) is 21.0 Å². The summed E-state index contributed by atoms with van der Waals surface area (Å²) >= 11 is 1.43. The summed E-state index contributed by atoms with van der Waals surface area (Å²) in [6, 6.07) is 21.4. The molecule has 2 heterocycles. The molecule has 0 aliphatic heterocycles. The molecule has 0 saturated heterocycles. The Kier molecular flexibility index (Phi) is 4.53. The third-order valence-corrected chi connectivity index (χ3v) is 5.26. The number of para-hydroxylation sites is 3. The van der Waals surface area contributed by atoms with E-state index in [0.717, 1.165) is 27.3 Å². The minimum atomic E-state index is -0.0780. The van der Waals surface area contributed by atoms with Crippen molar-refractivity contribution in [2.75, 3.05) is 11.1 Å². The van der Waals surface area contributed by atoms with Gasteiger partial charge in [0.2, 0.25) is 5.91 Å². The molecule has 0 saturated carbocycles. The molecule has 5 nitrogen and oxygen atoms in total. The fourth-order valence-corrected chi connectivity index (χ4v) is 3.94. The monoisotopic (exact) mass is 372 g/mol. The molecule has 0 atom stereocenters. The number of carbonyl (C=O) groups excluding carboxylic acids is 1. The van der Waals surface area contributed by atoms with Crippen LogP contribution in [0.25, 0.3) is 16.7 Å². The van der Waals surface area contributed by atoms with Gasteiger partial charge in [-0.15, -0.1) is 0 Å². The first-order valence-corrected chi connectivity index (χ1v) is 9.44. The van der Waals surface area contributed by atoms with E-state index in [4.69, 9.17) is 0 Å². The number of thioether (sulfide) groups is 1. The highest BCUT2D eigenvalue weighted by Gasteiger charge is 2.16. The molecular formula is C21H16N4OS. The van der Waals surface area contributed by atoms with Crippen LogP contribution in [0.2, 0.25) is 0 Å². The van der Waals surface area contributed by atoms with Gasteiger partial charge in [0.25, 0.3) is 0 Å². The average molecular weight is 372 g/mol. The lowest BCUT2D eigenvalue weighted by Gasteiger charge is -2.10. The van der Waals surface area contributed by atoms with E-state index < -0.39 is 0 Å². The predicted molar refractivity (Wildman–Crippen MR) is 108 cm³/mol. The number of nitrogens with zero attached hydrogens (tertiary/aromatic N) is 3. The van der Waals surface area contributed by atoms with Crippen LogP contribution in [0.4, 0.5) is 5.69 Å². The molecule has 0 aliphatic carbocycles. The number of pyridine rings is 1. The summed E-state index contributed by atoms with van der Waals surface area (Å²) in [6.07, 6.45) is 0. The van der Waals surface area contributed by atoms with Crippen LogP contribution >= 0.6 is 11.8 Å². The third kappa shape index (κ3) is 3.25. The number of nitrogens with one attached hydrogen (secondary N) is 1. The van der Waals surface area contributed by atoms with E-state index >= 15 is 0 Å². The molecule has 1 amide bonds. The van der Waals surface area contributed by atoms with Crippen LogP contribution in [0.5, 0.6) is 0 Å². The van der Waals surface area contributed by atoms with Crippen LogP contribution in [0.3, 0.4) is 0 Å². The Morgan fingerprint density at radius 1 is 1.19 bits per heavy atom. The molecule has 1 N–H and O–H groups in total. The van der Waals surface area contributed by atoms with Crippen molar-refractivity contribution in [3.63, 3.8) is 0 Å². The maximum absolute atomic E-state index is 12.3. The number of aromatic nitrogens is 2. The first-order valence-electron chi connectivity index (χ1n) is 8.46. The zero-order valence-electron chi connectivity index (χ0n) is 14.6. The van der Waals surface area contributed by atoms with Crippen molar-refractivity contribution in [2.24, 2.45) is 0 Å². The number of aryl methyl sites for hydroxylation is 1. The molecule has 27 heavy (non-hydrogen) atoms. The summed E-state index contributed by atoms with van der Waals surface area (Å²) in [5.41, 5.74) is 4.57. The Balaban J connectivity index is 1.69. The molecule has 2 aromatic carbocycles. The molecule has 0 bridgehead atoms. The molecule has 4 aromatic rings. The van der Waals surface area contributed by atoms with E-state index in [1.165, 1.54) is 11.8 Å². The van der Waals surface area contributed by atoms with Gasteiger partial charge >= 0.3 is 0 Å².